The first-order valence-corrected chi connectivity index (χ1v) is 7.98. The summed E-state index contributed by atoms with van der Waals surface area (Å²) in [4.78, 5) is 45.5. The second-order valence-corrected chi connectivity index (χ2v) is 5.78. The lowest BCUT2D eigenvalue weighted by Crippen LogP contribution is -2.37. The molecule has 0 spiro atoms. The van der Waals surface area contributed by atoms with E-state index in [0.717, 1.165) is 0 Å². The maximum Gasteiger partial charge on any atom is 0.308 e. The van der Waals surface area contributed by atoms with Gasteiger partial charge in [-0.15, -0.1) is 0 Å². The molecule has 0 aliphatic carbocycles. The highest BCUT2D eigenvalue weighted by atomic mass is 16.6. The summed E-state index contributed by atoms with van der Waals surface area (Å²) < 4.78 is 15.0. The van der Waals surface area contributed by atoms with Crippen LogP contribution in [0.3, 0.4) is 0 Å². The Morgan fingerprint density at radius 3 is 2.00 bits per heavy atom. The van der Waals surface area contributed by atoms with Gasteiger partial charge in [0.2, 0.25) is 0 Å². The molecule has 0 aliphatic rings. The minimum Gasteiger partial charge on any atom is -0.462 e. The van der Waals surface area contributed by atoms with Gasteiger partial charge in [-0.1, -0.05) is 0 Å². The molecule has 0 heterocycles. The fourth-order valence-electron chi connectivity index (χ4n) is 2.27. The summed E-state index contributed by atoms with van der Waals surface area (Å²) in [6.07, 6.45) is -0.789. The predicted molar refractivity (Wildman–Crippen MR) is 91.7 cm³/mol. The number of esters is 3. The van der Waals surface area contributed by atoms with Gasteiger partial charge >= 0.3 is 17.9 Å². The smallest absolute Gasteiger partial charge is 0.308 e. The minimum atomic E-state index is -0.789. The molecule has 0 bridgehead atoms. The molecule has 26 heavy (non-hydrogen) atoms. The standard InChI is InChI=1S/C18H23NO7/c1-10-6-15(7-11(2)17(10)26-14(5)22)18(23)19-8-16(25-13(4)21)9-24-12(3)20/h6-7,16H,8-9H2,1-5H3,(H,19,23). The molecular weight excluding hydrogens is 342 g/mol. The van der Waals surface area contributed by atoms with E-state index in [9.17, 15) is 19.2 Å². The third-order valence-electron chi connectivity index (χ3n) is 3.26. The number of hydrogen-bond acceptors (Lipinski definition) is 7. The molecule has 0 radical (unpaired) electrons. The maximum absolute atomic E-state index is 12.3. The predicted octanol–water partition coefficient (Wildman–Crippen LogP) is 1.45. The van der Waals surface area contributed by atoms with Crippen molar-refractivity contribution in [3.8, 4) is 5.75 Å². The van der Waals surface area contributed by atoms with Gasteiger partial charge in [-0.2, -0.15) is 0 Å². The lowest BCUT2D eigenvalue weighted by molar-refractivity contribution is -0.155. The van der Waals surface area contributed by atoms with Gasteiger partial charge in [-0.05, 0) is 37.1 Å². The Balaban J connectivity index is 2.80. The van der Waals surface area contributed by atoms with Crippen LogP contribution in [0.15, 0.2) is 12.1 Å². The number of nitrogens with one attached hydrogen (secondary N) is 1. The largest absolute Gasteiger partial charge is 0.462 e. The van der Waals surface area contributed by atoms with Gasteiger partial charge in [0.1, 0.15) is 12.4 Å². The fourth-order valence-corrected chi connectivity index (χ4v) is 2.27. The van der Waals surface area contributed by atoms with Crippen LogP contribution in [0.2, 0.25) is 0 Å². The van der Waals surface area contributed by atoms with Crippen molar-refractivity contribution in [1.82, 2.24) is 5.32 Å². The maximum atomic E-state index is 12.3. The van der Waals surface area contributed by atoms with Crippen molar-refractivity contribution in [3.05, 3.63) is 28.8 Å². The second-order valence-electron chi connectivity index (χ2n) is 5.78. The SMILES string of the molecule is CC(=O)OCC(CNC(=O)c1cc(C)c(OC(C)=O)c(C)c1)OC(C)=O. The van der Waals surface area contributed by atoms with Crippen LogP contribution in [0.4, 0.5) is 0 Å². The molecule has 1 rings (SSSR count). The van der Waals surface area contributed by atoms with Crippen LogP contribution in [-0.4, -0.2) is 43.1 Å². The lowest BCUT2D eigenvalue weighted by Gasteiger charge is -2.18. The quantitative estimate of drug-likeness (QED) is 0.575. The van der Waals surface area contributed by atoms with Gasteiger partial charge in [0.15, 0.2) is 6.10 Å². The molecule has 8 heteroatoms. The first kappa shape index (κ1) is 21.1. The third kappa shape index (κ3) is 6.92. The van der Waals surface area contributed by atoms with Gasteiger partial charge in [0.25, 0.3) is 5.91 Å². The highest BCUT2D eigenvalue weighted by Crippen LogP contribution is 2.25. The number of carbonyl (C=O) groups excluding carboxylic acids is 4. The first-order chi connectivity index (χ1) is 12.1. The Kier molecular flexibility index (Phi) is 7.77. The Labute approximate surface area is 151 Å². The second kappa shape index (κ2) is 9.55. The molecular formula is C18H23NO7. The highest BCUT2D eigenvalue weighted by molar-refractivity contribution is 5.95. The van der Waals surface area contributed by atoms with Gasteiger partial charge in [-0.25, -0.2) is 0 Å². The van der Waals surface area contributed by atoms with Crippen LogP contribution >= 0.6 is 0 Å². The Bertz CT molecular complexity index is 688. The lowest BCUT2D eigenvalue weighted by atomic mass is 10.0. The summed E-state index contributed by atoms with van der Waals surface area (Å²) in [6.45, 7) is 7.05. The van der Waals surface area contributed by atoms with Crippen LogP contribution in [0.25, 0.3) is 0 Å². The molecule has 1 unspecified atom stereocenters. The molecule has 1 N–H and O–H groups in total. The molecule has 8 nitrogen and oxygen atoms in total. The van der Waals surface area contributed by atoms with E-state index in [4.69, 9.17) is 14.2 Å². The molecule has 1 amide bonds. The van der Waals surface area contributed by atoms with Crippen LogP contribution in [0, 0.1) is 13.8 Å². The average Bonchev–Trinajstić information content (AvgIpc) is 2.52. The number of aryl methyl sites for hydroxylation is 2. The van der Waals surface area contributed by atoms with E-state index < -0.39 is 29.9 Å². The Morgan fingerprint density at radius 1 is 0.962 bits per heavy atom. The van der Waals surface area contributed by atoms with Crippen molar-refractivity contribution >= 4 is 23.8 Å². The third-order valence-corrected chi connectivity index (χ3v) is 3.26. The molecule has 1 aromatic carbocycles. The molecule has 0 aromatic heterocycles. The highest BCUT2D eigenvalue weighted by Gasteiger charge is 2.17. The van der Waals surface area contributed by atoms with E-state index in [1.807, 2.05) is 0 Å². The van der Waals surface area contributed by atoms with Gasteiger partial charge in [-0.3, -0.25) is 19.2 Å². The molecule has 1 atom stereocenters. The van der Waals surface area contributed by atoms with Crippen LogP contribution < -0.4 is 10.1 Å². The number of hydrogen-bond donors (Lipinski definition) is 1. The molecule has 142 valence electrons. The van der Waals surface area contributed by atoms with Crippen molar-refractivity contribution < 1.29 is 33.4 Å². The average molecular weight is 365 g/mol. The summed E-state index contributed by atoms with van der Waals surface area (Å²) in [5, 5.41) is 2.63. The zero-order chi connectivity index (χ0) is 19.9. The monoisotopic (exact) mass is 365 g/mol. The van der Waals surface area contributed by atoms with Gasteiger partial charge in [0.05, 0.1) is 6.54 Å². The van der Waals surface area contributed by atoms with Crippen molar-refractivity contribution in [2.75, 3.05) is 13.2 Å². The topological polar surface area (TPSA) is 108 Å². The van der Waals surface area contributed by atoms with E-state index >= 15 is 0 Å². The number of amides is 1. The molecule has 0 aliphatic heterocycles. The summed E-state index contributed by atoms with van der Waals surface area (Å²) >= 11 is 0. The summed E-state index contributed by atoms with van der Waals surface area (Å²) in [7, 11) is 0. The van der Waals surface area contributed by atoms with E-state index in [1.54, 1.807) is 26.0 Å². The van der Waals surface area contributed by atoms with Crippen LogP contribution in [0.1, 0.15) is 42.3 Å². The normalized spacial score (nSPS) is 11.3. The van der Waals surface area contributed by atoms with Crippen molar-refractivity contribution in [2.45, 2.75) is 40.7 Å². The van der Waals surface area contributed by atoms with E-state index in [2.05, 4.69) is 5.32 Å². The van der Waals surface area contributed by atoms with Gasteiger partial charge in [0, 0.05) is 26.3 Å². The summed E-state index contributed by atoms with van der Waals surface area (Å²) in [6, 6.07) is 3.18. The number of rotatable bonds is 7. The summed E-state index contributed by atoms with van der Waals surface area (Å²) in [5.74, 6) is -1.48. The van der Waals surface area contributed by atoms with Crippen molar-refractivity contribution in [1.29, 1.82) is 0 Å². The van der Waals surface area contributed by atoms with E-state index in [0.29, 0.717) is 22.4 Å². The van der Waals surface area contributed by atoms with Crippen LogP contribution in [-0.2, 0) is 23.9 Å². The van der Waals surface area contributed by atoms with Crippen molar-refractivity contribution in [2.24, 2.45) is 0 Å². The molecule has 1 aromatic rings. The fraction of sp³-hybridized carbons (Fsp3) is 0.444. The number of benzene rings is 1. The van der Waals surface area contributed by atoms with Gasteiger partial charge < -0.3 is 19.5 Å². The number of ether oxygens (including phenoxy) is 3. The van der Waals surface area contributed by atoms with E-state index in [1.165, 1.54) is 20.8 Å². The molecule has 0 saturated heterocycles. The first-order valence-electron chi connectivity index (χ1n) is 7.98. The van der Waals surface area contributed by atoms with E-state index in [-0.39, 0.29) is 13.2 Å². The zero-order valence-corrected chi connectivity index (χ0v) is 15.5. The number of carbonyl (C=O) groups is 4. The minimum absolute atomic E-state index is 0.0184. The Morgan fingerprint density at radius 2 is 1.54 bits per heavy atom. The Hall–Kier alpha value is -2.90. The molecule has 0 saturated carbocycles. The molecule has 0 fully saturated rings. The summed E-state index contributed by atoms with van der Waals surface area (Å²) in [5.41, 5.74) is 1.65. The van der Waals surface area contributed by atoms with Crippen molar-refractivity contribution in [3.63, 3.8) is 0 Å². The zero-order valence-electron chi connectivity index (χ0n) is 15.5. The van der Waals surface area contributed by atoms with Crippen LogP contribution in [0.5, 0.6) is 5.75 Å².